The first kappa shape index (κ1) is 13.3. The molecule has 18 heavy (non-hydrogen) atoms. The third-order valence-corrected chi connectivity index (χ3v) is 3.28. The van der Waals surface area contributed by atoms with Gasteiger partial charge in [0.15, 0.2) is 0 Å². The molecular formula is C14H21NO3. The summed E-state index contributed by atoms with van der Waals surface area (Å²) in [7, 11) is 3.38. The summed E-state index contributed by atoms with van der Waals surface area (Å²) in [6, 6.07) is 6.69. The van der Waals surface area contributed by atoms with Gasteiger partial charge in [-0.2, -0.15) is 5.48 Å². The number of nitrogens with one attached hydrogen (secondary N) is 1. The molecule has 1 N–H and O–H groups in total. The first-order chi connectivity index (χ1) is 8.83. The fraction of sp³-hybridized carbons (Fsp3) is 0.571. The molecule has 0 amide bonds. The zero-order valence-electron chi connectivity index (χ0n) is 11.1. The fourth-order valence-corrected chi connectivity index (χ4v) is 2.26. The maximum absolute atomic E-state index is 5.38. The van der Waals surface area contributed by atoms with Crippen LogP contribution in [0.1, 0.15) is 17.5 Å². The van der Waals surface area contributed by atoms with Crippen LogP contribution in [0.2, 0.25) is 0 Å². The third kappa shape index (κ3) is 3.45. The number of hydrogen-bond acceptors (Lipinski definition) is 4. The molecule has 1 unspecified atom stereocenters. The van der Waals surface area contributed by atoms with Gasteiger partial charge in [-0.1, -0.05) is 6.07 Å². The summed E-state index contributed by atoms with van der Waals surface area (Å²) < 4.78 is 10.2. The van der Waals surface area contributed by atoms with Crippen molar-refractivity contribution in [1.82, 2.24) is 5.48 Å². The zero-order chi connectivity index (χ0) is 12.8. The van der Waals surface area contributed by atoms with Crippen molar-refractivity contribution in [3.8, 4) is 5.75 Å². The largest absolute Gasteiger partial charge is 0.497 e. The number of hydrogen-bond donors (Lipinski definition) is 1. The summed E-state index contributed by atoms with van der Waals surface area (Å²) in [6.07, 6.45) is 3.18. The minimum Gasteiger partial charge on any atom is -0.497 e. The van der Waals surface area contributed by atoms with E-state index in [0.717, 1.165) is 25.0 Å². The van der Waals surface area contributed by atoms with Gasteiger partial charge in [0.25, 0.3) is 0 Å². The molecule has 0 saturated heterocycles. The Morgan fingerprint density at radius 1 is 1.22 bits per heavy atom. The van der Waals surface area contributed by atoms with Gasteiger partial charge < -0.3 is 9.47 Å². The highest BCUT2D eigenvalue weighted by Crippen LogP contribution is 2.25. The highest BCUT2D eigenvalue weighted by molar-refractivity contribution is 5.37. The predicted octanol–water partition coefficient (Wildman–Crippen LogP) is 1.72. The lowest BCUT2D eigenvalue weighted by Crippen LogP contribution is -2.35. The summed E-state index contributed by atoms with van der Waals surface area (Å²) in [5, 5.41) is 0. The van der Waals surface area contributed by atoms with E-state index in [-0.39, 0.29) is 0 Å². The molecule has 1 aliphatic carbocycles. The number of rotatable bonds is 6. The molecule has 0 spiro atoms. The summed E-state index contributed by atoms with van der Waals surface area (Å²) in [5.74, 6) is 0.926. The molecule has 0 aromatic heterocycles. The molecule has 0 fully saturated rings. The molecule has 0 aliphatic heterocycles. The van der Waals surface area contributed by atoms with Crippen LogP contribution in [0.15, 0.2) is 18.2 Å². The summed E-state index contributed by atoms with van der Waals surface area (Å²) in [5.41, 5.74) is 5.89. The lowest BCUT2D eigenvalue weighted by Gasteiger charge is -2.25. The van der Waals surface area contributed by atoms with E-state index in [4.69, 9.17) is 14.3 Å². The molecule has 0 heterocycles. The van der Waals surface area contributed by atoms with Gasteiger partial charge in [0, 0.05) is 13.2 Å². The van der Waals surface area contributed by atoms with Crippen LogP contribution in [0.4, 0.5) is 0 Å². The lowest BCUT2D eigenvalue weighted by molar-refractivity contribution is -0.0141. The van der Waals surface area contributed by atoms with Gasteiger partial charge in [-0.3, -0.25) is 4.84 Å². The van der Waals surface area contributed by atoms with Gasteiger partial charge in [-0.05, 0) is 42.5 Å². The number of hydroxylamine groups is 1. The molecule has 1 aromatic carbocycles. The Labute approximate surface area is 108 Å². The Kier molecular flexibility index (Phi) is 4.99. The van der Waals surface area contributed by atoms with E-state index in [9.17, 15) is 0 Å². The van der Waals surface area contributed by atoms with E-state index in [1.165, 1.54) is 11.1 Å². The average molecular weight is 251 g/mol. The fourth-order valence-electron chi connectivity index (χ4n) is 2.26. The highest BCUT2D eigenvalue weighted by atomic mass is 16.7. The minimum absolute atomic E-state index is 0.376. The van der Waals surface area contributed by atoms with E-state index >= 15 is 0 Å². The van der Waals surface area contributed by atoms with Crippen molar-refractivity contribution < 1.29 is 14.3 Å². The Balaban J connectivity index is 1.88. The Bertz CT molecular complexity index is 381. The van der Waals surface area contributed by atoms with Crippen LogP contribution in [-0.4, -0.2) is 33.5 Å². The maximum Gasteiger partial charge on any atom is 0.119 e. The van der Waals surface area contributed by atoms with Gasteiger partial charge in [-0.15, -0.1) is 0 Å². The second-order valence-corrected chi connectivity index (χ2v) is 4.53. The number of aryl methyl sites for hydroxylation is 1. The van der Waals surface area contributed by atoms with Crippen LogP contribution >= 0.6 is 0 Å². The minimum atomic E-state index is 0.376. The molecule has 1 aromatic rings. The lowest BCUT2D eigenvalue weighted by atomic mass is 9.88. The van der Waals surface area contributed by atoms with Crippen molar-refractivity contribution in [3.05, 3.63) is 29.3 Å². The maximum atomic E-state index is 5.38. The second kappa shape index (κ2) is 6.73. The molecule has 0 radical (unpaired) electrons. The second-order valence-electron chi connectivity index (χ2n) is 4.53. The Hall–Kier alpha value is -1.10. The number of ether oxygens (including phenoxy) is 2. The van der Waals surface area contributed by atoms with E-state index in [1.807, 2.05) is 6.07 Å². The van der Waals surface area contributed by atoms with Crippen molar-refractivity contribution in [2.24, 2.45) is 0 Å². The van der Waals surface area contributed by atoms with Crippen molar-refractivity contribution in [2.45, 2.75) is 25.3 Å². The van der Waals surface area contributed by atoms with Crippen LogP contribution in [-0.2, 0) is 22.4 Å². The predicted molar refractivity (Wildman–Crippen MR) is 69.8 cm³/mol. The number of methoxy groups -OCH3 is 2. The standard InChI is InChI=1S/C14H21NO3/c1-16-7-8-18-15-13-5-3-11-4-6-14(17-2)10-12(11)9-13/h4,6,10,13,15H,3,5,7-9H2,1-2H3. The first-order valence-electron chi connectivity index (χ1n) is 6.35. The summed E-state index contributed by atoms with van der Waals surface area (Å²) >= 11 is 0. The van der Waals surface area contributed by atoms with Crippen LogP contribution in [0, 0.1) is 0 Å². The number of benzene rings is 1. The van der Waals surface area contributed by atoms with Crippen LogP contribution in [0.25, 0.3) is 0 Å². The molecule has 0 bridgehead atoms. The van der Waals surface area contributed by atoms with Gasteiger partial charge in [0.05, 0.1) is 20.3 Å². The molecule has 1 atom stereocenters. The van der Waals surface area contributed by atoms with Gasteiger partial charge in [0.1, 0.15) is 5.75 Å². The zero-order valence-corrected chi connectivity index (χ0v) is 11.1. The Morgan fingerprint density at radius 2 is 2.11 bits per heavy atom. The van der Waals surface area contributed by atoms with Crippen molar-refractivity contribution in [1.29, 1.82) is 0 Å². The van der Waals surface area contributed by atoms with E-state index in [0.29, 0.717) is 19.3 Å². The smallest absolute Gasteiger partial charge is 0.119 e. The van der Waals surface area contributed by atoms with E-state index in [1.54, 1.807) is 14.2 Å². The molecule has 100 valence electrons. The van der Waals surface area contributed by atoms with Gasteiger partial charge in [0.2, 0.25) is 0 Å². The molecule has 0 saturated carbocycles. The SMILES string of the molecule is COCCONC1CCc2ccc(OC)cc2C1. The third-order valence-electron chi connectivity index (χ3n) is 3.28. The molecule has 4 nitrogen and oxygen atoms in total. The Morgan fingerprint density at radius 3 is 2.89 bits per heavy atom. The first-order valence-corrected chi connectivity index (χ1v) is 6.35. The van der Waals surface area contributed by atoms with E-state index in [2.05, 4.69) is 17.6 Å². The number of fused-ring (bicyclic) bond motifs is 1. The van der Waals surface area contributed by atoms with Gasteiger partial charge >= 0.3 is 0 Å². The monoisotopic (exact) mass is 251 g/mol. The molecule has 4 heteroatoms. The summed E-state index contributed by atoms with van der Waals surface area (Å²) in [4.78, 5) is 5.38. The average Bonchev–Trinajstić information content (AvgIpc) is 2.42. The molecular weight excluding hydrogens is 230 g/mol. The topological polar surface area (TPSA) is 39.7 Å². The quantitative estimate of drug-likeness (QED) is 0.617. The highest BCUT2D eigenvalue weighted by Gasteiger charge is 2.18. The van der Waals surface area contributed by atoms with Crippen molar-refractivity contribution >= 4 is 0 Å². The molecule has 2 rings (SSSR count). The van der Waals surface area contributed by atoms with Crippen LogP contribution < -0.4 is 10.2 Å². The van der Waals surface area contributed by atoms with Gasteiger partial charge in [-0.25, -0.2) is 0 Å². The van der Waals surface area contributed by atoms with Crippen LogP contribution in [0.5, 0.6) is 5.75 Å². The van der Waals surface area contributed by atoms with E-state index < -0.39 is 0 Å². The van der Waals surface area contributed by atoms with Crippen LogP contribution in [0.3, 0.4) is 0 Å². The van der Waals surface area contributed by atoms with Crippen molar-refractivity contribution in [2.75, 3.05) is 27.4 Å². The van der Waals surface area contributed by atoms with Crippen molar-refractivity contribution in [3.63, 3.8) is 0 Å². The normalized spacial score (nSPS) is 18.4. The molecule has 1 aliphatic rings. The summed E-state index contributed by atoms with van der Waals surface area (Å²) in [6.45, 7) is 1.20.